The fourth-order valence-corrected chi connectivity index (χ4v) is 4.57. The zero-order valence-corrected chi connectivity index (χ0v) is 13.1. The number of hydrogen-bond acceptors (Lipinski definition) is 3. The first-order valence-electron chi connectivity index (χ1n) is 8.30. The summed E-state index contributed by atoms with van der Waals surface area (Å²) in [5.74, 6) is -0.725. The van der Waals surface area contributed by atoms with Gasteiger partial charge in [0.25, 0.3) is 11.8 Å². The normalized spacial score (nSPS) is 23.0. The van der Waals surface area contributed by atoms with Crippen molar-refractivity contribution in [2.24, 2.45) is 0 Å². The maximum Gasteiger partial charge on any atom is 0.259 e. The van der Waals surface area contributed by atoms with Gasteiger partial charge in [0.15, 0.2) is 0 Å². The average Bonchev–Trinajstić information content (AvgIpc) is 3.26. The second-order valence-electron chi connectivity index (χ2n) is 6.72. The van der Waals surface area contributed by atoms with Gasteiger partial charge in [0, 0.05) is 39.3 Å². The number of aromatic amines is 1. The highest BCUT2D eigenvalue weighted by atomic mass is 16.2. The van der Waals surface area contributed by atoms with E-state index in [2.05, 4.69) is 15.6 Å². The van der Waals surface area contributed by atoms with Crippen LogP contribution in [0.1, 0.15) is 28.8 Å². The molecular weight excluding hydrogens is 314 g/mol. The van der Waals surface area contributed by atoms with E-state index in [1.54, 1.807) is 0 Å². The molecule has 0 bridgehead atoms. The Hall–Kier alpha value is -3.34. The topological polar surface area (TPSA) is 74.0 Å². The van der Waals surface area contributed by atoms with Crippen LogP contribution in [0.25, 0.3) is 16.5 Å². The van der Waals surface area contributed by atoms with Gasteiger partial charge in [0.05, 0.1) is 11.6 Å². The molecule has 6 rings (SSSR count). The van der Waals surface area contributed by atoms with Crippen LogP contribution in [0.2, 0.25) is 0 Å². The summed E-state index contributed by atoms with van der Waals surface area (Å²) in [5.41, 5.74) is 6.01. The predicted octanol–water partition coefficient (Wildman–Crippen LogP) is 2.84. The molecule has 1 aromatic heterocycles. The van der Waals surface area contributed by atoms with Gasteiger partial charge < -0.3 is 10.3 Å². The Balaban J connectivity index is 1.75. The van der Waals surface area contributed by atoms with Crippen LogP contribution in [0, 0.1) is 0 Å². The monoisotopic (exact) mass is 327 g/mol. The van der Waals surface area contributed by atoms with Crippen LogP contribution in [-0.4, -0.2) is 16.8 Å². The van der Waals surface area contributed by atoms with Crippen LogP contribution >= 0.6 is 0 Å². The van der Waals surface area contributed by atoms with E-state index in [1.165, 1.54) is 0 Å². The highest BCUT2D eigenvalue weighted by Crippen LogP contribution is 2.56. The largest absolute Gasteiger partial charge is 0.376 e. The molecule has 3 N–H and O–H groups in total. The van der Waals surface area contributed by atoms with Gasteiger partial charge in [0.1, 0.15) is 0 Å². The van der Waals surface area contributed by atoms with E-state index in [1.807, 2.05) is 48.5 Å². The van der Waals surface area contributed by atoms with Crippen molar-refractivity contribution in [3.63, 3.8) is 0 Å². The average molecular weight is 327 g/mol. The van der Waals surface area contributed by atoms with Gasteiger partial charge in [-0.1, -0.05) is 36.4 Å². The van der Waals surface area contributed by atoms with Gasteiger partial charge in [0.2, 0.25) is 0 Å². The smallest absolute Gasteiger partial charge is 0.259 e. The Morgan fingerprint density at radius 1 is 0.880 bits per heavy atom. The van der Waals surface area contributed by atoms with Crippen molar-refractivity contribution in [3.05, 3.63) is 70.9 Å². The van der Waals surface area contributed by atoms with Gasteiger partial charge in [-0.25, -0.2) is 0 Å². The first-order valence-corrected chi connectivity index (χ1v) is 8.30. The minimum absolute atomic E-state index is 0.0739. The molecule has 2 unspecified atom stereocenters. The molecule has 25 heavy (non-hydrogen) atoms. The molecule has 0 saturated carbocycles. The van der Waals surface area contributed by atoms with Crippen molar-refractivity contribution in [1.29, 1.82) is 0 Å². The number of H-pyrrole nitrogens is 1. The Kier molecular flexibility index (Phi) is 2.18. The Labute approximate surface area is 142 Å². The second kappa shape index (κ2) is 4.19. The number of nitrogens with one attached hydrogen (secondary N) is 3. The number of aromatic nitrogens is 1. The van der Waals surface area contributed by atoms with Gasteiger partial charge in [-0.2, -0.15) is 0 Å². The zero-order chi connectivity index (χ0) is 16.7. The summed E-state index contributed by atoms with van der Waals surface area (Å²) in [4.78, 5) is 28.7. The highest BCUT2D eigenvalue weighted by Gasteiger charge is 2.50. The van der Waals surface area contributed by atoms with Crippen LogP contribution < -0.4 is 10.6 Å². The van der Waals surface area contributed by atoms with Gasteiger partial charge in [-0.15, -0.1) is 0 Å². The molecule has 3 aliphatic rings. The number of imide groups is 1. The number of fused-ring (bicyclic) bond motifs is 9. The maximum absolute atomic E-state index is 12.6. The maximum atomic E-state index is 12.6. The molecule has 0 fully saturated rings. The SMILES string of the molecule is O=C1NC(=O)C2=C1c1c([nH]c3ccccc13)C1Nc3ccccc3C21. The molecule has 0 spiro atoms. The van der Waals surface area contributed by atoms with E-state index in [9.17, 15) is 9.59 Å². The first-order chi connectivity index (χ1) is 12.2. The molecule has 3 aromatic rings. The van der Waals surface area contributed by atoms with Gasteiger partial charge in [-0.05, 0) is 17.7 Å². The van der Waals surface area contributed by atoms with Crippen LogP contribution in [0.3, 0.4) is 0 Å². The standard InChI is InChI=1S/C20H13N3O2/c24-19-15-13-9-5-1-3-7-11(9)21-17(13)18-14(16(15)20(25)23-19)10-6-2-4-8-12(10)22-18/h1-8,13,17,21-22H,(H,23,24,25). The summed E-state index contributed by atoms with van der Waals surface area (Å²) in [6.45, 7) is 0. The van der Waals surface area contributed by atoms with Gasteiger partial charge in [-0.3, -0.25) is 14.9 Å². The first kappa shape index (κ1) is 13.0. The molecular formula is C20H13N3O2. The van der Waals surface area contributed by atoms with E-state index in [0.29, 0.717) is 11.1 Å². The van der Waals surface area contributed by atoms with E-state index in [4.69, 9.17) is 0 Å². The molecule has 5 nitrogen and oxygen atoms in total. The van der Waals surface area contributed by atoms with Crippen molar-refractivity contribution in [2.45, 2.75) is 12.0 Å². The summed E-state index contributed by atoms with van der Waals surface area (Å²) in [6, 6.07) is 15.8. The molecule has 2 aromatic carbocycles. The van der Waals surface area contributed by atoms with Crippen LogP contribution in [-0.2, 0) is 9.59 Å². The molecule has 2 atom stereocenters. The summed E-state index contributed by atoms with van der Waals surface area (Å²) in [6.07, 6.45) is 0. The molecule has 0 radical (unpaired) electrons. The summed E-state index contributed by atoms with van der Waals surface area (Å²) in [5, 5.41) is 7.03. The number of hydrogen-bond donors (Lipinski definition) is 3. The van der Waals surface area contributed by atoms with Crippen molar-refractivity contribution in [2.75, 3.05) is 5.32 Å². The predicted molar refractivity (Wildman–Crippen MR) is 93.9 cm³/mol. The lowest BCUT2D eigenvalue weighted by molar-refractivity contribution is -0.123. The fraction of sp³-hybridized carbons (Fsp3) is 0.100. The van der Waals surface area contributed by atoms with Crippen LogP contribution in [0.4, 0.5) is 5.69 Å². The molecule has 3 heterocycles. The third-order valence-electron chi connectivity index (χ3n) is 5.52. The lowest BCUT2D eigenvalue weighted by atomic mass is 9.77. The number of benzene rings is 2. The molecule has 5 heteroatoms. The Morgan fingerprint density at radius 2 is 1.68 bits per heavy atom. The third kappa shape index (κ3) is 1.44. The summed E-state index contributed by atoms with van der Waals surface area (Å²) >= 11 is 0. The molecule has 2 amide bonds. The Bertz CT molecular complexity index is 1150. The van der Waals surface area contributed by atoms with Gasteiger partial charge >= 0.3 is 0 Å². The lowest BCUT2D eigenvalue weighted by Gasteiger charge is -2.26. The van der Waals surface area contributed by atoms with E-state index >= 15 is 0 Å². The number of rotatable bonds is 0. The number of anilines is 1. The second-order valence-corrected chi connectivity index (χ2v) is 6.72. The van der Waals surface area contributed by atoms with Crippen LogP contribution in [0.15, 0.2) is 54.1 Å². The Morgan fingerprint density at radius 3 is 2.60 bits per heavy atom. The van der Waals surface area contributed by atoms with Crippen molar-refractivity contribution < 1.29 is 9.59 Å². The quantitative estimate of drug-likeness (QED) is 0.556. The molecule has 2 aliphatic heterocycles. The van der Waals surface area contributed by atoms with E-state index in [0.717, 1.165) is 33.4 Å². The lowest BCUT2D eigenvalue weighted by Crippen LogP contribution is -2.25. The highest BCUT2D eigenvalue weighted by molar-refractivity contribution is 6.38. The zero-order valence-electron chi connectivity index (χ0n) is 13.1. The number of carbonyl (C=O) groups is 2. The number of para-hydroxylation sites is 2. The van der Waals surface area contributed by atoms with E-state index < -0.39 is 0 Å². The summed E-state index contributed by atoms with van der Waals surface area (Å²) < 4.78 is 0. The minimum atomic E-state index is -0.297. The molecule has 0 saturated heterocycles. The number of amides is 2. The minimum Gasteiger partial charge on any atom is -0.376 e. The van der Waals surface area contributed by atoms with Crippen molar-refractivity contribution in [1.82, 2.24) is 10.3 Å². The number of carbonyl (C=O) groups excluding carboxylic acids is 2. The third-order valence-corrected chi connectivity index (χ3v) is 5.52. The van der Waals surface area contributed by atoms with Crippen molar-refractivity contribution in [3.8, 4) is 0 Å². The van der Waals surface area contributed by atoms with E-state index in [-0.39, 0.29) is 23.8 Å². The molecule has 1 aliphatic carbocycles. The van der Waals surface area contributed by atoms with Crippen molar-refractivity contribution >= 4 is 34.0 Å². The molecule has 120 valence electrons. The summed E-state index contributed by atoms with van der Waals surface area (Å²) in [7, 11) is 0. The fourth-order valence-electron chi connectivity index (χ4n) is 4.57. The van der Waals surface area contributed by atoms with Crippen LogP contribution in [0.5, 0.6) is 0 Å².